The van der Waals surface area contributed by atoms with Crippen molar-refractivity contribution in [1.29, 1.82) is 0 Å². The molecule has 0 aromatic rings. The topological polar surface area (TPSA) is 44.8 Å². The van der Waals surface area contributed by atoms with E-state index in [1.807, 2.05) is 0 Å². The molecule has 2 fully saturated rings. The van der Waals surface area contributed by atoms with E-state index in [0.717, 1.165) is 19.6 Å². The van der Waals surface area contributed by atoms with Gasteiger partial charge in [-0.25, -0.2) is 4.79 Å². The standard InChI is InChI=1S/C14H24F3N3O2/c15-14(16,17)11-22-9-1-4-19-5-7-20(8-6-19)13(21)18-10-12-2-3-12/h12H,1-11H2,(H,18,21). The molecule has 2 amide bonds. The third-order valence-corrected chi connectivity index (χ3v) is 3.93. The van der Waals surface area contributed by atoms with E-state index in [9.17, 15) is 18.0 Å². The molecule has 1 saturated carbocycles. The minimum atomic E-state index is -4.25. The molecule has 0 bridgehead atoms. The highest BCUT2D eigenvalue weighted by molar-refractivity contribution is 5.74. The molecule has 2 rings (SSSR count). The number of amides is 2. The molecule has 1 aliphatic carbocycles. The van der Waals surface area contributed by atoms with Crippen molar-refractivity contribution in [2.45, 2.75) is 25.4 Å². The van der Waals surface area contributed by atoms with Crippen molar-refractivity contribution in [3.63, 3.8) is 0 Å². The summed E-state index contributed by atoms with van der Waals surface area (Å²) in [6.45, 7) is 3.26. The van der Waals surface area contributed by atoms with Crippen LogP contribution in [0.4, 0.5) is 18.0 Å². The first-order chi connectivity index (χ1) is 10.4. The summed E-state index contributed by atoms with van der Waals surface area (Å²) in [5.41, 5.74) is 0. The number of nitrogens with one attached hydrogen (secondary N) is 1. The van der Waals surface area contributed by atoms with Crippen molar-refractivity contribution in [2.24, 2.45) is 5.92 Å². The predicted octanol–water partition coefficient (Wildman–Crippen LogP) is 1.69. The number of rotatable bonds is 7. The van der Waals surface area contributed by atoms with Crippen molar-refractivity contribution in [3.8, 4) is 0 Å². The van der Waals surface area contributed by atoms with Gasteiger partial charge in [0.25, 0.3) is 0 Å². The van der Waals surface area contributed by atoms with Gasteiger partial charge in [-0.15, -0.1) is 0 Å². The highest BCUT2D eigenvalue weighted by Crippen LogP contribution is 2.27. The number of carbonyl (C=O) groups excluding carboxylic acids is 1. The fourth-order valence-electron chi connectivity index (χ4n) is 2.42. The minimum absolute atomic E-state index is 0.0000560. The quantitative estimate of drug-likeness (QED) is 0.725. The van der Waals surface area contributed by atoms with E-state index in [2.05, 4.69) is 15.0 Å². The second-order valence-electron chi connectivity index (χ2n) is 5.98. The molecule has 0 unspecified atom stereocenters. The Balaban J connectivity index is 1.50. The number of carbonyl (C=O) groups is 1. The van der Waals surface area contributed by atoms with Crippen molar-refractivity contribution in [1.82, 2.24) is 15.1 Å². The van der Waals surface area contributed by atoms with Gasteiger partial charge in [-0.1, -0.05) is 0 Å². The lowest BCUT2D eigenvalue weighted by Crippen LogP contribution is -2.52. The molecule has 0 aromatic carbocycles. The fourth-order valence-corrected chi connectivity index (χ4v) is 2.42. The van der Waals surface area contributed by atoms with Crippen LogP contribution in [0.3, 0.4) is 0 Å². The third-order valence-electron chi connectivity index (χ3n) is 3.93. The van der Waals surface area contributed by atoms with E-state index in [0.29, 0.717) is 32.0 Å². The van der Waals surface area contributed by atoms with E-state index < -0.39 is 12.8 Å². The Morgan fingerprint density at radius 1 is 1.18 bits per heavy atom. The first-order valence-electron chi connectivity index (χ1n) is 7.84. The maximum atomic E-state index is 11.9. The van der Waals surface area contributed by atoms with Gasteiger partial charge in [-0.3, -0.25) is 4.90 Å². The number of piperazine rings is 1. The summed E-state index contributed by atoms with van der Waals surface area (Å²) in [6.07, 6.45) is -1.25. The Morgan fingerprint density at radius 2 is 1.86 bits per heavy atom. The van der Waals surface area contributed by atoms with Crippen LogP contribution in [0.1, 0.15) is 19.3 Å². The van der Waals surface area contributed by atoms with Crippen molar-refractivity contribution < 1.29 is 22.7 Å². The van der Waals surface area contributed by atoms with Gasteiger partial charge < -0.3 is 15.0 Å². The third kappa shape index (κ3) is 6.83. The van der Waals surface area contributed by atoms with Crippen LogP contribution in [0.15, 0.2) is 0 Å². The molecule has 128 valence electrons. The molecule has 0 atom stereocenters. The Kier molecular flexibility index (Phi) is 6.31. The van der Waals surface area contributed by atoms with Crippen LogP contribution in [0.5, 0.6) is 0 Å². The zero-order chi connectivity index (χ0) is 16.0. The zero-order valence-electron chi connectivity index (χ0n) is 12.7. The van der Waals surface area contributed by atoms with Crippen LogP contribution in [-0.4, -0.2) is 74.5 Å². The van der Waals surface area contributed by atoms with Crippen molar-refractivity contribution >= 4 is 6.03 Å². The molecule has 1 heterocycles. The van der Waals surface area contributed by atoms with Crippen molar-refractivity contribution in [3.05, 3.63) is 0 Å². The van der Waals surface area contributed by atoms with Gasteiger partial charge in [0.15, 0.2) is 0 Å². The second kappa shape index (κ2) is 8.01. The molecule has 8 heteroatoms. The molecule has 0 aromatic heterocycles. The Hall–Kier alpha value is -1.02. The maximum absolute atomic E-state index is 11.9. The summed E-state index contributed by atoms with van der Waals surface area (Å²) in [4.78, 5) is 15.9. The monoisotopic (exact) mass is 323 g/mol. The number of urea groups is 1. The van der Waals surface area contributed by atoms with Crippen LogP contribution in [0.2, 0.25) is 0 Å². The Labute approximate surface area is 128 Å². The average molecular weight is 323 g/mol. The predicted molar refractivity (Wildman–Crippen MR) is 75.6 cm³/mol. The molecular weight excluding hydrogens is 299 g/mol. The van der Waals surface area contributed by atoms with Gasteiger partial charge in [0.1, 0.15) is 6.61 Å². The minimum Gasteiger partial charge on any atom is -0.372 e. The first-order valence-corrected chi connectivity index (χ1v) is 7.84. The molecule has 22 heavy (non-hydrogen) atoms. The molecule has 0 radical (unpaired) electrons. The molecule has 1 N–H and O–H groups in total. The lowest BCUT2D eigenvalue weighted by molar-refractivity contribution is -0.174. The van der Waals surface area contributed by atoms with Crippen LogP contribution < -0.4 is 5.32 Å². The lowest BCUT2D eigenvalue weighted by atomic mass is 10.3. The zero-order valence-corrected chi connectivity index (χ0v) is 12.7. The molecule has 1 saturated heterocycles. The SMILES string of the molecule is O=C(NCC1CC1)N1CCN(CCCOCC(F)(F)F)CC1. The Morgan fingerprint density at radius 3 is 2.45 bits per heavy atom. The number of halogens is 3. The molecule has 1 aliphatic heterocycles. The summed E-state index contributed by atoms with van der Waals surface area (Å²) in [5.74, 6) is 0.668. The summed E-state index contributed by atoms with van der Waals surface area (Å²) in [7, 11) is 0. The summed E-state index contributed by atoms with van der Waals surface area (Å²) in [5, 5.41) is 2.95. The number of ether oxygens (including phenoxy) is 1. The van der Waals surface area contributed by atoms with Crippen LogP contribution in [0.25, 0.3) is 0 Å². The largest absolute Gasteiger partial charge is 0.411 e. The van der Waals surface area contributed by atoms with Gasteiger partial charge in [0, 0.05) is 45.9 Å². The van der Waals surface area contributed by atoms with E-state index in [1.165, 1.54) is 12.8 Å². The van der Waals surface area contributed by atoms with Crippen LogP contribution >= 0.6 is 0 Å². The van der Waals surface area contributed by atoms with E-state index in [-0.39, 0.29) is 12.6 Å². The van der Waals surface area contributed by atoms with E-state index in [1.54, 1.807) is 4.90 Å². The number of hydrogen-bond donors (Lipinski definition) is 1. The highest BCUT2D eigenvalue weighted by atomic mass is 19.4. The van der Waals surface area contributed by atoms with E-state index >= 15 is 0 Å². The summed E-state index contributed by atoms with van der Waals surface area (Å²) < 4.78 is 40.3. The normalized spacial score (nSPS) is 20.2. The van der Waals surface area contributed by atoms with Gasteiger partial charge in [0.05, 0.1) is 0 Å². The fraction of sp³-hybridized carbons (Fsp3) is 0.929. The van der Waals surface area contributed by atoms with Crippen molar-refractivity contribution in [2.75, 3.05) is 52.5 Å². The van der Waals surface area contributed by atoms with Gasteiger partial charge in [-0.2, -0.15) is 13.2 Å². The molecule has 5 nitrogen and oxygen atoms in total. The van der Waals surface area contributed by atoms with Gasteiger partial charge in [0.2, 0.25) is 0 Å². The van der Waals surface area contributed by atoms with Gasteiger partial charge >= 0.3 is 12.2 Å². The smallest absolute Gasteiger partial charge is 0.372 e. The van der Waals surface area contributed by atoms with Crippen LogP contribution in [-0.2, 0) is 4.74 Å². The lowest BCUT2D eigenvalue weighted by Gasteiger charge is -2.34. The van der Waals surface area contributed by atoms with Crippen LogP contribution in [0, 0.1) is 5.92 Å². The second-order valence-corrected chi connectivity index (χ2v) is 5.98. The molecule has 0 spiro atoms. The number of nitrogens with zero attached hydrogens (tertiary/aromatic N) is 2. The number of alkyl halides is 3. The highest BCUT2D eigenvalue weighted by Gasteiger charge is 2.27. The molecular formula is C14H24F3N3O2. The van der Waals surface area contributed by atoms with Gasteiger partial charge in [-0.05, 0) is 25.2 Å². The van der Waals surface area contributed by atoms with E-state index in [4.69, 9.17) is 0 Å². The number of hydrogen-bond acceptors (Lipinski definition) is 3. The molecule has 2 aliphatic rings. The Bertz CT molecular complexity index is 354. The summed E-state index contributed by atoms with van der Waals surface area (Å²) in [6, 6.07) is 0.0000560. The summed E-state index contributed by atoms with van der Waals surface area (Å²) >= 11 is 0. The maximum Gasteiger partial charge on any atom is 0.411 e. The average Bonchev–Trinajstić information content (AvgIpc) is 3.28. The first kappa shape index (κ1) is 17.3.